The number of carbonyl (C=O) groups is 1. The SMILES string of the molecule is COc1ccc(F)cc1CC(=O)NCc1ccncc1. The van der Waals surface area contributed by atoms with Gasteiger partial charge in [-0.25, -0.2) is 4.39 Å². The van der Waals surface area contributed by atoms with Crippen LogP contribution in [0.25, 0.3) is 0 Å². The molecule has 0 aliphatic rings. The topological polar surface area (TPSA) is 51.2 Å². The zero-order chi connectivity index (χ0) is 14.4. The average Bonchev–Trinajstić information content (AvgIpc) is 2.46. The Hall–Kier alpha value is -2.43. The number of rotatable bonds is 5. The third-order valence-electron chi connectivity index (χ3n) is 2.83. The van der Waals surface area contributed by atoms with Gasteiger partial charge in [-0.1, -0.05) is 0 Å². The number of pyridine rings is 1. The summed E-state index contributed by atoms with van der Waals surface area (Å²) >= 11 is 0. The van der Waals surface area contributed by atoms with Crippen LogP contribution in [0.1, 0.15) is 11.1 Å². The fraction of sp³-hybridized carbons (Fsp3) is 0.200. The molecule has 0 aliphatic carbocycles. The van der Waals surface area contributed by atoms with Crippen LogP contribution in [0, 0.1) is 5.82 Å². The smallest absolute Gasteiger partial charge is 0.224 e. The summed E-state index contributed by atoms with van der Waals surface area (Å²) in [6, 6.07) is 7.77. The molecule has 1 aromatic carbocycles. The Labute approximate surface area is 116 Å². The van der Waals surface area contributed by atoms with Gasteiger partial charge >= 0.3 is 0 Å². The van der Waals surface area contributed by atoms with E-state index < -0.39 is 0 Å². The zero-order valence-corrected chi connectivity index (χ0v) is 11.1. The Kier molecular flexibility index (Phi) is 4.65. The van der Waals surface area contributed by atoms with Crippen LogP contribution in [-0.4, -0.2) is 18.0 Å². The maximum atomic E-state index is 13.2. The van der Waals surface area contributed by atoms with E-state index >= 15 is 0 Å². The molecule has 0 spiro atoms. The summed E-state index contributed by atoms with van der Waals surface area (Å²) in [6.45, 7) is 0.416. The van der Waals surface area contributed by atoms with E-state index in [9.17, 15) is 9.18 Å². The van der Waals surface area contributed by atoms with Crippen molar-refractivity contribution in [2.24, 2.45) is 0 Å². The minimum absolute atomic E-state index is 0.0754. The molecule has 104 valence electrons. The molecule has 0 radical (unpaired) electrons. The monoisotopic (exact) mass is 274 g/mol. The lowest BCUT2D eigenvalue weighted by molar-refractivity contribution is -0.120. The van der Waals surface area contributed by atoms with Crippen LogP contribution in [0.5, 0.6) is 5.75 Å². The molecule has 1 N–H and O–H groups in total. The molecule has 20 heavy (non-hydrogen) atoms. The Morgan fingerprint density at radius 2 is 2.05 bits per heavy atom. The van der Waals surface area contributed by atoms with Gasteiger partial charge in [0.25, 0.3) is 0 Å². The Balaban J connectivity index is 1.96. The first-order chi connectivity index (χ1) is 9.69. The molecule has 1 heterocycles. The van der Waals surface area contributed by atoms with Crippen molar-refractivity contribution in [3.05, 3.63) is 59.7 Å². The van der Waals surface area contributed by atoms with Gasteiger partial charge < -0.3 is 10.1 Å². The first-order valence-corrected chi connectivity index (χ1v) is 6.17. The number of nitrogens with zero attached hydrogens (tertiary/aromatic N) is 1. The predicted molar refractivity (Wildman–Crippen MR) is 72.7 cm³/mol. The van der Waals surface area contributed by atoms with Gasteiger partial charge in [0.05, 0.1) is 13.5 Å². The lowest BCUT2D eigenvalue weighted by atomic mass is 10.1. The van der Waals surface area contributed by atoms with E-state index in [-0.39, 0.29) is 18.1 Å². The maximum Gasteiger partial charge on any atom is 0.224 e. The predicted octanol–water partition coefficient (Wildman–Crippen LogP) is 2.09. The Bertz CT molecular complexity index is 588. The maximum absolute atomic E-state index is 13.2. The van der Waals surface area contributed by atoms with E-state index in [2.05, 4.69) is 10.3 Å². The molecule has 4 nitrogen and oxygen atoms in total. The van der Waals surface area contributed by atoms with E-state index in [0.29, 0.717) is 17.9 Å². The van der Waals surface area contributed by atoms with E-state index in [1.54, 1.807) is 12.4 Å². The molecule has 2 rings (SSSR count). The van der Waals surface area contributed by atoms with Crippen molar-refractivity contribution >= 4 is 5.91 Å². The molecule has 0 aliphatic heterocycles. The van der Waals surface area contributed by atoms with Gasteiger partial charge in [0, 0.05) is 24.5 Å². The third-order valence-corrected chi connectivity index (χ3v) is 2.83. The van der Waals surface area contributed by atoms with Gasteiger partial charge in [-0.2, -0.15) is 0 Å². The van der Waals surface area contributed by atoms with Crippen molar-refractivity contribution < 1.29 is 13.9 Å². The normalized spacial score (nSPS) is 10.1. The number of benzene rings is 1. The number of hydrogen-bond donors (Lipinski definition) is 1. The molecule has 0 atom stereocenters. The quantitative estimate of drug-likeness (QED) is 0.908. The molecule has 1 amide bonds. The van der Waals surface area contributed by atoms with Crippen molar-refractivity contribution in [3.63, 3.8) is 0 Å². The number of methoxy groups -OCH3 is 1. The molecule has 1 aromatic heterocycles. The second-order valence-corrected chi connectivity index (χ2v) is 4.27. The fourth-order valence-corrected chi connectivity index (χ4v) is 1.82. The Morgan fingerprint density at radius 1 is 1.30 bits per heavy atom. The van der Waals surface area contributed by atoms with Gasteiger partial charge in [0.2, 0.25) is 5.91 Å². The number of aromatic nitrogens is 1. The minimum atomic E-state index is -0.386. The number of carbonyl (C=O) groups excluding carboxylic acids is 1. The highest BCUT2D eigenvalue weighted by molar-refractivity contribution is 5.79. The standard InChI is InChI=1S/C15H15FN2O2/c1-20-14-3-2-13(16)8-12(14)9-15(19)18-10-11-4-6-17-7-5-11/h2-8H,9-10H2,1H3,(H,18,19). The van der Waals surface area contributed by atoms with Crippen molar-refractivity contribution in [1.82, 2.24) is 10.3 Å². The van der Waals surface area contributed by atoms with Gasteiger partial charge in [-0.05, 0) is 35.9 Å². The van der Waals surface area contributed by atoms with Crippen molar-refractivity contribution in [2.75, 3.05) is 7.11 Å². The molecule has 0 fully saturated rings. The van der Waals surface area contributed by atoms with Crippen molar-refractivity contribution in [1.29, 1.82) is 0 Å². The summed E-state index contributed by atoms with van der Waals surface area (Å²) in [5, 5.41) is 2.77. The molecule has 0 bridgehead atoms. The van der Waals surface area contributed by atoms with Crippen LogP contribution >= 0.6 is 0 Å². The van der Waals surface area contributed by atoms with Crippen LogP contribution in [0.4, 0.5) is 4.39 Å². The summed E-state index contributed by atoms with van der Waals surface area (Å²) in [4.78, 5) is 15.8. The number of halogens is 1. The highest BCUT2D eigenvalue weighted by atomic mass is 19.1. The zero-order valence-electron chi connectivity index (χ0n) is 11.1. The molecule has 0 unspecified atom stereocenters. The number of nitrogens with one attached hydrogen (secondary N) is 1. The summed E-state index contributed by atoms with van der Waals surface area (Å²) in [7, 11) is 1.49. The molecule has 0 saturated carbocycles. The summed E-state index contributed by atoms with van der Waals surface area (Å²) in [5.74, 6) is -0.0705. The third kappa shape index (κ3) is 3.78. The van der Waals surface area contributed by atoms with E-state index in [1.165, 1.54) is 25.3 Å². The van der Waals surface area contributed by atoms with Crippen molar-refractivity contribution in [2.45, 2.75) is 13.0 Å². The van der Waals surface area contributed by atoms with Crippen LogP contribution < -0.4 is 10.1 Å². The number of hydrogen-bond acceptors (Lipinski definition) is 3. The molecule has 0 saturated heterocycles. The van der Waals surface area contributed by atoms with Gasteiger partial charge in [0.15, 0.2) is 0 Å². The van der Waals surface area contributed by atoms with Crippen LogP contribution in [-0.2, 0) is 17.8 Å². The first kappa shape index (κ1) is 14.0. The average molecular weight is 274 g/mol. The van der Waals surface area contributed by atoms with Gasteiger partial charge in [0.1, 0.15) is 11.6 Å². The van der Waals surface area contributed by atoms with Crippen LogP contribution in [0.2, 0.25) is 0 Å². The Morgan fingerprint density at radius 3 is 2.75 bits per heavy atom. The summed E-state index contributed by atoms with van der Waals surface area (Å²) < 4.78 is 18.3. The minimum Gasteiger partial charge on any atom is -0.496 e. The lowest BCUT2D eigenvalue weighted by Crippen LogP contribution is -2.24. The molecule has 2 aromatic rings. The molecule has 5 heteroatoms. The van der Waals surface area contributed by atoms with Crippen LogP contribution in [0.3, 0.4) is 0 Å². The molecular formula is C15H15FN2O2. The van der Waals surface area contributed by atoms with Gasteiger partial charge in [-0.3, -0.25) is 9.78 Å². The highest BCUT2D eigenvalue weighted by Gasteiger charge is 2.09. The molecular weight excluding hydrogens is 259 g/mol. The number of amides is 1. The van der Waals surface area contributed by atoms with E-state index in [4.69, 9.17) is 4.74 Å². The number of ether oxygens (including phenoxy) is 1. The van der Waals surface area contributed by atoms with Crippen LogP contribution in [0.15, 0.2) is 42.7 Å². The first-order valence-electron chi connectivity index (χ1n) is 6.17. The summed E-state index contributed by atoms with van der Waals surface area (Å²) in [6.07, 6.45) is 3.40. The van der Waals surface area contributed by atoms with E-state index in [1.807, 2.05) is 12.1 Å². The fourth-order valence-electron chi connectivity index (χ4n) is 1.82. The largest absolute Gasteiger partial charge is 0.496 e. The summed E-state index contributed by atoms with van der Waals surface area (Å²) in [5.41, 5.74) is 1.49. The van der Waals surface area contributed by atoms with Gasteiger partial charge in [-0.15, -0.1) is 0 Å². The van der Waals surface area contributed by atoms with Crippen molar-refractivity contribution in [3.8, 4) is 5.75 Å². The second kappa shape index (κ2) is 6.65. The van der Waals surface area contributed by atoms with E-state index in [0.717, 1.165) is 5.56 Å². The lowest BCUT2D eigenvalue weighted by Gasteiger charge is -2.09. The second-order valence-electron chi connectivity index (χ2n) is 4.27. The highest BCUT2D eigenvalue weighted by Crippen LogP contribution is 2.19.